The topological polar surface area (TPSA) is 98.5 Å². The van der Waals surface area contributed by atoms with Gasteiger partial charge in [-0.2, -0.15) is 0 Å². The SMILES string of the molecule is O=[N+]([O-])c1ccccc1CS(=O)(=O)NCCOc1ccccc1. The largest absolute Gasteiger partial charge is 0.492 e. The average Bonchev–Trinajstić information content (AvgIpc) is 2.52. The van der Waals surface area contributed by atoms with Crippen LogP contribution in [0, 0.1) is 10.1 Å². The van der Waals surface area contributed by atoms with Crippen molar-refractivity contribution in [1.29, 1.82) is 0 Å². The van der Waals surface area contributed by atoms with Crippen LogP contribution in [0.15, 0.2) is 54.6 Å². The van der Waals surface area contributed by atoms with E-state index in [9.17, 15) is 18.5 Å². The number of nitrogens with zero attached hydrogens (tertiary/aromatic N) is 1. The fourth-order valence-corrected chi connectivity index (χ4v) is 3.10. The van der Waals surface area contributed by atoms with Gasteiger partial charge in [0, 0.05) is 18.2 Å². The normalized spacial score (nSPS) is 11.1. The molecule has 0 amide bonds. The van der Waals surface area contributed by atoms with Gasteiger partial charge in [0.15, 0.2) is 0 Å². The van der Waals surface area contributed by atoms with E-state index in [1.165, 1.54) is 18.2 Å². The highest BCUT2D eigenvalue weighted by Gasteiger charge is 2.19. The molecule has 0 atom stereocenters. The minimum absolute atomic E-state index is 0.0812. The van der Waals surface area contributed by atoms with E-state index in [0.29, 0.717) is 5.75 Å². The van der Waals surface area contributed by atoms with Crippen molar-refractivity contribution in [2.45, 2.75) is 5.75 Å². The Morgan fingerprint density at radius 1 is 1.04 bits per heavy atom. The molecule has 0 bridgehead atoms. The van der Waals surface area contributed by atoms with E-state index in [-0.39, 0.29) is 24.4 Å². The number of nitrogens with one attached hydrogen (secondary N) is 1. The standard InChI is InChI=1S/C15H16N2O5S/c18-17(19)15-9-5-4-6-13(15)12-23(20,21)16-10-11-22-14-7-2-1-3-8-14/h1-9,16H,10-12H2. The van der Waals surface area contributed by atoms with Gasteiger partial charge in [0.2, 0.25) is 10.0 Å². The van der Waals surface area contributed by atoms with Crippen molar-refractivity contribution in [3.63, 3.8) is 0 Å². The lowest BCUT2D eigenvalue weighted by Crippen LogP contribution is -2.29. The van der Waals surface area contributed by atoms with E-state index >= 15 is 0 Å². The van der Waals surface area contributed by atoms with Gasteiger partial charge in [-0.05, 0) is 12.1 Å². The summed E-state index contributed by atoms with van der Waals surface area (Å²) < 4.78 is 31.7. The summed E-state index contributed by atoms with van der Waals surface area (Å²) in [5.41, 5.74) is -0.0626. The molecular weight excluding hydrogens is 320 g/mol. The maximum absolute atomic E-state index is 12.0. The summed E-state index contributed by atoms with van der Waals surface area (Å²) >= 11 is 0. The average molecular weight is 336 g/mol. The Morgan fingerprint density at radius 2 is 1.70 bits per heavy atom. The van der Waals surface area contributed by atoms with E-state index in [2.05, 4.69) is 4.72 Å². The molecule has 122 valence electrons. The number of hydrogen-bond acceptors (Lipinski definition) is 5. The lowest BCUT2D eigenvalue weighted by molar-refractivity contribution is -0.385. The fourth-order valence-electron chi connectivity index (χ4n) is 1.95. The van der Waals surface area contributed by atoms with E-state index < -0.39 is 20.7 Å². The van der Waals surface area contributed by atoms with Gasteiger partial charge in [-0.1, -0.05) is 36.4 Å². The molecule has 0 heterocycles. The van der Waals surface area contributed by atoms with Crippen LogP contribution < -0.4 is 9.46 Å². The van der Waals surface area contributed by atoms with Crippen molar-refractivity contribution in [3.05, 3.63) is 70.3 Å². The van der Waals surface area contributed by atoms with Crippen LogP contribution in [-0.4, -0.2) is 26.5 Å². The lowest BCUT2D eigenvalue weighted by atomic mass is 10.2. The smallest absolute Gasteiger partial charge is 0.273 e. The highest BCUT2D eigenvalue weighted by Crippen LogP contribution is 2.19. The van der Waals surface area contributed by atoms with Crippen LogP contribution in [-0.2, 0) is 15.8 Å². The number of sulfonamides is 1. The van der Waals surface area contributed by atoms with Crippen LogP contribution in [0.1, 0.15) is 5.56 Å². The summed E-state index contributed by atoms with van der Waals surface area (Å²) in [6.45, 7) is 0.248. The first-order chi connectivity index (χ1) is 11.0. The zero-order valence-corrected chi connectivity index (χ0v) is 13.0. The van der Waals surface area contributed by atoms with Crippen LogP contribution in [0.3, 0.4) is 0 Å². The summed E-state index contributed by atoms with van der Waals surface area (Å²) in [5.74, 6) is 0.195. The number of ether oxygens (including phenoxy) is 1. The quantitative estimate of drug-likeness (QED) is 0.452. The van der Waals surface area contributed by atoms with Gasteiger partial charge in [-0.25, -0.2) is 13.1 Å². The second-order valence-corrected chi connectivity index (χ2v) is 6.51. The van der Waals surface area contributed by atoms with Crippen molar-refractivity contribution in [2.24, 2.45) is 0 Å². The summed E-state index contributed by atoms with van der Waals surface area (Å²) in [5, 5.41) is 10.9. The molecule has 0 saturated heterocycles. The van der Waals surface area contributed by atoms with Crippen molar-refractivity contribution in [2.75, 3.05) is 13.2 Å². The van der Waals surface area contributed by atoms with Crippen LogP contribution in [0.2, 0.25) is 0 Å². The number of nitro benzene ring substituents is 1. The molecule has 2 rings (SSSR count). The Bertz CT molecular complexity index is 762. The monoisotopic (exact) mass is 336 g/mol. The highest BCUT2D eigenvalue weighted by molar-refractivity contribution is 7.88. The van der Waals surface area contributed by atoms with E-state index in [1.807, 2.05) is 18.2 Å². The third-order valence-electron chi connectivity index (χ3n) is 2.97. The van der Waals surface area contributed by atoms with E-state index in [0.717, 1.165) is 0 Å². The molecule has 0 unspecified atom stereocenters. The minimum Gasteiger partial charge on any atom is -0.492 e. The predicted molar refractivity (Wildman–Crippen MR) is 85.7 cm³/mol. The zero-order valence-electron chi connectivity index (χ0n) is 12.2. The molecule has 8 heteroatoms. The number of para-hydroxylation sites is 2. The number of benzene rings is 2. The first-order valence-corrected chi connectivity index (χ1v) is 8.51. The first kappa shape index (κ1) is 16.9. The molecule has 0 aliphatic heterocycles. The Hall–Kier alpha value is -2.45. The molecule has 0 fully saturated rings. The molecule has 0 saturated carbocycles. The summed E-state index contributed by atoms with van der Waals surface area (Å²) in [7, 11) is -3.68. The Balaban J connectivity index is 1.89. The summed E-state index contributed by atoms with van der Waals surface area (Å²) in [6.07, 6.45) is 0. The highest BCUT2D eigenvalue weighted by atomic mass is 32.2. The molecule has 0 spiro atoms. The minimum atomic E-state index is -3.68. The van der Waals surface area contributed by atoms with Gasteiger partial charge in [-0.3, -0.25) is 10.1 Å². The first-order valence-electron chi connectivity index (χ1n) is 6.85. The molecule has 23 heavy (non-hydrogen) atoms. The molecular formula is C15H16N2O5S. The van der Waals surface area contributed by atoms with Crippen LogP contribution in [0.25, 0.3) is 0 Å². The third-order valence-corrected chi connectivity index (χ3v) is 4.30. The molecule has 0 aromatic heterocycles. The summed E-state index contributed by atoms with van der Waals surface area (Å²) in [6, 6.07) is 14.8. The molecule has 2 aromatic carbocycles. The Morgan fingerprint density at radius 3 is 2.39 bits per heavy atom. The molecule has 2 aromatic rings. The van der Waals surface area contributed by atoms with Gasteiger partial charge in [-0.15, -0.1) is 0 Å². The molecule has 7 nitrogen and oxygen atoms in total. The Labute approximate surface area is 134 Å². The van der Waals surface area contributed by atoms with Gasteiger partial charge in [0.1, 0.15) is 12.4 Å². The van der Waals surface area contributed by atoms with Crippen molar-refractivity contribution < 1.29 is 18.1 Å². The predicted octanol–water partition coefficient (Wildman–Crippen LogP) is 2.09. The molecule has 0 radical (unpaired) electrons. The van der Waals surface area contributed by atoms with Crippen LogP contribution in [0.5, 0.6) is 5.75 Å². The molecule has 1 N–H and O–H groups in total. The fraction of sp³-hybridized carbons (Fsp3) is 0.200. The Kier molecular flexibility index (Phi) is 5.67. The van der Waals surface area contributed by atoms with Crippen molar-refractivity contribution in [1.82, 2.24) is 4.72 Å². The number of rotatable bonds is 8. The summed E-state index contributed by atoms with van der Waals surface area (Å²) in [4.78, 5) is 10.3. The van der Waals surface area contributed by atoms with Crippen molar-refractivity contribution >= 4 is 15.7 Å². The van der Waals surface area contributed by atoms with Crippen LogP contribution >= 0.6 is 0 Å². The maximum atomic E-state index is 12.0. The molecule has 0 aliphatic rings. The molecule has 0 aliphatic carbocycles. The van der Waals surface area contributed by atoms with Gasteiger partial charge < -0.3 is 4.74 Å². The lowest BCUT2D eigenvalue weighted by Gasteiger charge is -2.08. The van der Waals surface area contributed by atoms with E-state index in [1.54, 1.807) is 18.2 Å². The number of nitro groups is 1. The van der Waals surface area contributed by atoms with Gasteiger partial charge in [0.25, 0.3) is 5.69 Å². The third kappa shape index (κ3) is 5.35. The zero-order chi connectivity index (χ0) is 16.7. The second-order valence-electron chi connectivity index (χ2n) is 4.70. The maximum Gasteiger partial charge on any atom is 0.273 e. The number of hydrogen-bond donors (Lipinski definition) is 1. The van der Waals surface area contributed by atoms with Gasteiger partial charge >= 0.3 is 0 Å². The van der Waals surface area contributed by atoms with Crippen LogP contribution in [0.4, 0.5) is 5.69 Å². The van der Waals surface area contributed by atoms with Gasteiger partial charge in [0.05, 0.1) is 10.7 Å². The second kappa shape index (κ2) is 7.70. The van der Waals surface area contributed by atoms with E-state index in [4.69, 9.17) is 4.74 Å². The van der Waals surface area contributed by atoms with Crippen molar-refractivity contribution in [3.8, 4) is 5.75 Å².